The van der Waals surface area contributed by atoms with Gasteiger partial charge in [-0.25, -0.2) is 0 Å². The molecule has 1 aromatic rings. The van der Waals surface area contributed by atoms with Gasteiger partial charge in [0.1, 0.15) is 0 Å². The zero-order chi connectivity index (χ0) is 15.3. The normalized spacial score (nSPS) is 13.3. The van der Waals surface area contributed by atoms with Crippen molar-refractivity contribution in [2.45, 2.75) is 52.5 Å². The Morgan fingerprint density at radius 1 is 1.20 bits per heavy atom. The molecule has 0 aliphatic carbocycles. The first-order chi connectivity index (χ1) is 9.20. The monoisotopic (exact) mass is 276 g/mol. The lowest BCUT2D eigenvalue weighted by Crippen LogP contribution is -2.38. The van der Waals surface area contributed by atoms with Gasteiger partial charge in [0.25, 0.3) is 5.91 Å². The summed E-state index contributed by atoms with van der Waals surface area (Å²) in [6.45, 7) is 11.3. The van der Waals surface area contributed by atoms with Crippen LogP contribution in [0.2, 0.25) is 0 Å². The maximum atomic E-state index is 12.0. The molecule has 0 aliphatic rings. The van der Waals surface area contributed by atoms with Crippen LogP contribution in [0.15, 0.2) is 24.3 Å². The molecule has 1 atom stereocenters. The molecule has 0 heterocycles. The molecule has 20 heavy (non-hydrogen) atoms. The second-order valence-corrected chi connectivity index (χ2v) is 6.93. The van der Waals surface area contributed by atoms with Crippen molar-refractivity contribution in [1.82, 2.24) is 5.32 Å². The van der Waals surface area contributed by atoms with Gasteiger partial charge in [0.2, 0.25) is 0 Å². The summed E-state index contributed by atoms with van der Waals surface area (Å²) in [7, 11) is 0. The summed E-state index contributed by atoms with van der Waals surface area (Å²) in [6, 6.07) is 7.81. The Hall–Kier alpha value is -1.35. The van der Waals surface area contributed by atoms with Gasteiger partial charge in [0, 0.05) is 18.2 Å². The lowest BCUT2D eigenvalue weighted by Gasteiger charge is -2.19. The number of carbonyl (C=O) groups excluding carboxylic acids is 1. The third-order valence-electron chi connectivity index (χ3n) is 3.31. The highest BCUT2D eigenvalue weighted by Crippen LogP contribution is 2.22. The van der Waals surface area contributed by atoms with E-state index in [0.717, 1.165) is 6.42 Å². The van der Waals surface area contributed by atoms with Gasteiger partial charge in [-0.2, -0.15) is 0 Å². The average Bonchev–Trinajstić information content (AvgIpc) is 2.34. The molecule has 0 aromatic heterocycles. The summed E-state index contributed by atoms with van der Waals surface area (Å²) in [4.78, 5) is 12.0. The molecule has 3 N–H and O–H groups in total. The molecule has 0 bridgehead atoms. The van der Waals surface area contributed by atoms with Gasteiger partial charge in [-0.1, -0.05) is 46.8 Å². The highest BCUT2D eigenvalue weighted by molar-refractivity contribution is 5.94. The molecule has 3 heteroatoms. The number of nitrogens with two attached hydrogens (primary N) is 1. The van der Waals surface area contributed by atoms with Gasteiger partial charge in [-0.15, -0.1) is 0 Å². The van der Waals surface area contributed by atoms with Crippen LogP contribution >= 0.6 is 0 Å². The number of benzene rings is 1. The molecule has 3 nitrogen and oxygen atoms in total. The van der Waals surface area contributed by atoms with Crippen molar-refractivity contribution in [2.75, 3.05) is 6.54 Å². The predicted octanol–water partition coefficient (Wildman–Crippen LogP) is 3.09. The number of hydrogen-bond acceptors (Lipinski definition) is 2. The Kier molecular flexibility index (Phi) is 5.75. The van der Waals surface area contributed by atoms with Crippen LogP contribution in [0.3, 0.4) is 0 Å². The van der Waals surface area contributed by atoms with Crippen molar-refractivity contribution in [3.63, 3.8) is 0 Å². The molecule has 0 radical (unpaired) electrons. The summed E-state index contributed by atoms with van der Waals surface area (Å²) in [5, 5.41) is 2.90. The molecular weight excluding hydrogens is 248 g/mol. The SMILES string of the molecule is CC(C)CC(N)CNC(=O)c1ccc(C(C)(C)C)cc1. The van der Waals surface area contributed by atoms with Crippen molar-refractivity contribution in [2.24, 2.45) is 11.7 Å². The second-order valence-electron chi connectivity index (χ2n) is 6.93. The molecular formula is C17H28N2O. The predicted molar refractivity (Wildman–Crippen MR) is 84.9 cm³/mol. The maximum Gasteiger partial charge on any atom is 0.251 e. The quantitative estimate of drug-likeness (QED) is 0.868. The molecule has 0 saturated heterocycles. The second kappa shape index (κ2) is 6.89. The zero-order valence-corrected chi connectivity index (χ0v) is 13.4. The minimum absolute atomic E-state index is 0.0211. The summed E-state index contributed by atoms with van der Waals surface area (Å²) in [5.41, 5.74) is 7.99. The van der Waals surface area contributed by atoms with Crippen molar-refractivity contribution in [3.05, 3.63) is 35.4 Å². The summed E-state index contributed by atoms with van der Waals surface area (Å²) in [6.07, 6.45) is 0.920. The van der Waals surface area contributed by atoms with E-state index in [2.05, 4.69) is 39.9 Å². The average molecular weight is 276 g/mol. The summed E-state index contributed by atoms with van der Waals surface area (Å²) in [5.74, 6) is 0.498. The first-order valence-corrected chi connectivity index (χ1v) is 7.34. The smallest absolute Gasteiger partial charge is 0.251 e. The van der Waals surface area contributed by atoms with Crippen molar-refractivity contribution >= 4 is 5.91 Å². The fraction of sp³-hybridized carbons (Fsp3) is 0.588. The number of rotatable bonds is 5. The van der Waals surface area contributed by atoms with Gasteiger partial charge in [-0.05, 0) is 35.4 Å². The molecule has 0 aliphatic heterocycles. The third kappa shape index (κ3) is 5.33. The van der Waals surface area contributed by atoms with Crippen LogP contribution in [0.1, 0.15) is 57.0 Å². The largest absolute Gasteiger partial charge is 0.350 e. The van der Waals surface area contributed by atoms with Gasteiger partial charge in [-0.3, -0.25) is 4.79 Å². The van der Waals surface area contributed by atoms with E-state index in [1.54, 1.807) is 0 Å². The van der Waals surface area contributed by atoms with E-state index in [0.29, 0.717) is 18.0 Å². The molecule has 0 spiro atoms. The first-order valence-electron chi connectivity index (χ1n) is 7.34. The number of nitrogens with one attached hydrogen (secondary N) is 1. The topological polar surface area (TPSA) is 55.1 Å². The van der Waals surface area contributed by atoms with E-state index >= 15 is 0 Å². The van der Waals surface area contributed by atoms with E-state index in [-0.39, 0.29) is 17.4 Å². The van der Waals surface area contributed by atoms with Crippen LogP contribution in [0.4, 0.5) is 0 Å². The fourth-order valence-corrected chi connectivity index (χ4v) is 2.14. The Balaban J connectivity index is 2.56. The molecule has 1 amide bonds. The summed E-state index contributed by atoms with van der Waals surface area (Å²) < 4.78 is 0. The van der Waals surface area contributed by atoms with Crippen LogP contribution in [-0.4, -0.2) is 18.5 Å². The van der Waals surface area contributed by atoms with Crippen molar-refractivity contribution in [3.8, 4) is 0 Å². The van der Waals surface area contributed by atoms with Crippen LogP contribution in [0.5, 0.6) is 0 Å². The van der Waals surface area contributed by atoms with Crippen molar-refractivity contribution < 1.29 is 4.79 Å². The van der Waals surface area contributed by atoms with Gasteiger partial charge in [0.15, 0.2) is 0 Å². The van der Waals surface area contributed by atoms with E-state index in [4.69, 9.17) is 5.73 Å². The highest BCUT2D eigenvalue weighted by Gasteiger charge is 2.14. The van der Waals surface area contributed by atoms with Crippen LogP contribution < -0.4 is 11.1 Å². The van der Waals surface area contributed by atoms with Crippen LogP contribution in [0, 0.1) is 5.92 Å². The minimum atomic E-state index is -0.0512. The maximum absolute atomic E-state index is 12.0. The summed E-state index contributed by atoms with van der Waals surface area (Å²) >= 11 is 0. The lowest BCUT2D eigenvalue weighted by molar-refractivity contribution is 0.0950. The van der Waals surface area contributed by atoms with Gasteiger partial charge in [0.05, 0.1) is 0 Å². The van der Waals surface area contributed by atoms with Gasteiger partial charge < -0.3 is 11.1 Å². The van der Waals surface area contributed by atoms with E-state index < -0.39 is 0 Å². The molecule has 1 rings (SSSR count). The molecule has 1 unspecified atom stereocenters. The third-order valence-corrected chi connectivity index (χ3v) is 3.31. The molecule has 0 saturated carbocycles. The lowest BCUT2D eigenvalue weighted by atomic mass is 9.87. The highest BCUT2D eigenvalue weighted by atomic mass is 16.1. The molecule has 0 fully saturated rings. The standard InChI is InChI=1S/C17H28N2O/c1-12(2)10-15(18)11-19-16(20)13-6-8-14(9-7-13)17(3,4)5/h6-9,12,15H,10-11,18H2,1-5H3,(H,19,20). The van der Waals surface area contributed by atoms with Crippen LogP contribution in [0.25, 0.3) is 0 Å². The Bertz CT molecular complexity index is 429. The fourth-order valence-electron chi connectivity index (χ4n) is 2.14. The van der Waals surface area contributed by atoms with E-state index in [1.165, 1.54) is 5.56 Å². The Labute approximate surface area is 122 Å². The Morgan fingerprint density at radius 3 is 2.20 bits per heavy atom. The molecule has 1 aromatic carbocycles. The Morgan fingerprint density at radius 2 is 1.75 bits per heavy atom. The minimum Gasteiger partial charge on any atom is -0.350 e. The number of amides is 1. The zero-order valence-electron chi connectivity index (χ0n) is 13.4. The van der Waals surface area contributed by atoms with Gasteiger partial charge >= 0.3 is 0 Å². The number of carbonyl (C=O) groups is 1. The van der Waals surface area contributed by atoms with E-state index in [1.807, 2.05) is 24.3 Å². The van der Waals surface area contributed by atoms with Crippen molar-refractivity contribution in [1.29, 1.82) is 0 Å². The molecule has 112 valence electrons. The van der Waals surface area contributed by atoms with E-state index in [9.17, 15) is 4.79 Å². The number of hydrogen-bond donors (Lipinski definition) is 2. The van der Waals surface area contributed by atoms with Crippen LogP contribution in [-0.2, 0) is 5.41 Å². The first kappa shape index (κ1) is 16.7.